The Labute approximate surface area is 135 Å². The molecule has 1 heterocycles. The summed E-state index contributed by atoms with van der Waals surface area (Å²) >= 11 is 9.34. The highest BCUT2D eigenvalue weighted by Gasteiger charge is 2.05. The van der Waals surface area contributed by atoms with Crippen LogP contribution in [-0.2, 0) is 6.54 Å². The number of anilines is 1. The highest BCUT2D eigenvalue weighted by atomic mass is 35.5. The fraction of sp³-hybridized carbons (Fsp3) is 0.133. The minimum atomic E-state index is -0.320. The molecule has 0 aliphatic carbocycles. The molecule has 2 aromatic carbocycles. The van der Waals surface area contributed by atoms with Gasteiger partial charge in [0.05, 0.1) is 10.2 Å². The van der Waals surface area contributed by atoms with E-state index < -0.39 is 0 Å². The molecule has 0 amide bonds. The number of hydrogen-bond donors (Lipinski definition) is 1. The average Bonchev–Trinajstić information content (AvgIpc) is 2.88. The normalized spacial score (nSPS) is 11.0. The van der Waals surface area contributed by atoms with E-state index in [-0.39, 0.29) is 5.82 Å². The highest BCUT2D eigenvalue weighted by Crippen LogP contribution is 2.30. The van der Waals surface area contributed by atoms with Crippen molar-refractivity contribution in [3.05, 3.63) is 52.8 Å². The highest BCUT2D eigenvalue weighted by molar-refractivity contribution is 8.00. The molecular weight excluding hydrogens is 327 g/mol. The summed E-state index contributed by atoms with van der Waals surface area (Å²) < 4.78 is 15.2. The molecule has 0 aliphatic heterocycles. The van der Waals surface area contributed by atoms with Crippen molar-refractivity contribution in [2.75, 3.05) is 11.6 Å². The molecule has 3 rings (SSSR count). The maximum atomic E-state index is 13.0. The van der Waals surface area contributed by atoms with Gasteiger partial charge in [-0.1, -0.05) is 29.4 Å². The molecule has 1 N–H and O–H groups in total. The van der Waals surface area contributed by atoms with Gasteiger partial charge < -0.3 is 5.32 Å². The molecule has 6 heteroatoms. The number of rotatable bonds is 4. The van der Waals surface area contributed by atoms with Gasteiger partial charge in [-0.3, -0.25) is 0 Å². The van der Waals surface area contributed by atoms with E-state index in [1.807, 2.05) is 18.4 Å². The molecule has 0 spiro atoms. The van der Waals surface area contributed by atoms with Gasteiger partial charge in [-0.05, 0) is 42.2 Å². The Bertz CT molecular complexity index is 788. The first-order valence-corrected chi connectivity index (χ1v) is 8.70. The third kappa shape index (κ3) is 3.31. The first kappa shape index (κ1) is 14.6. The lowest BCUT2D eigenvalue weighted by atomic mass is 10.2. The van der Waals surface area contributed by atoms with Crippen molar-refractivity contribution in [3.63, 3.8) is 0 Å². The van der Waals surface area contributed by atoms with Crippen LogP contribution in [0.2, 0.25) is 5.02 Å². The molecule has 0 saturated carbocycles. The fourth-order valence-electron chi connectivity index (χ4n) is 1.96. The molecule has 0 atom stereocenters. The quantitative estimate of drug-likeness (QED) is 0.643. The zero-order valence-electron chi connectivity index (χ0n) is 11.2. The van der Waals surface area contributed by atoms with Gasteiger partial charge in [-0.15, -0.1) is 11.3 Å². The molecule has 0 unspecified atom stereocenters. The van der Waals surface area contributed by atoms with Crippen LogP contribution in [0.1, 0.15) is 5.56 Å². The Morgan fingerprint density at radius 3 is 2.90 bits per heavy atom. The summed E-state index contributed by atoms with van der Waals surface area (Å²) in [7, 11) is 0. The lowest BCUT2D eigenvalue weighted by Gasteiger charge is -2.08. The van der Waals surface area contributed by atoms with Crippen molar-refractivity contribution in [2.24, 2.45) is 0 Å². The number of thiazole rings is 1. The molecule has 0 aliphatic rings. The first-order valence-electron chi connectivity index (χ1n) is 6.28. The zero-order chi connectivity index (χ0) is 14.8. The lowest BCUT2D eigenvalue weighted by Crippen LogP contribution is -2.00. The van der Waals surface area contributed by atoms with Gasteiger partial charge in [0.25, 0.3) is 0 Å². The van der Waals surface area contributed by atoms with E-state index in [0.717, 1.165) is 25.8 Å². The van der Waals surface area contributed by atoms with Crippen molar-refractivity contribution >= 4 is 50.6 Å². The Balaban J connectivity index is 1.78. The van der Waals surface area contributed by atoms with Crippen molar-refractivity contribution in [2.45, 2.75) is 10.9 Å². The molecule has 0 bridgehead atoms. The Morgan fingerprint density at radius 1 is 1.29 bits per heavy atom. The van der Waals surface area contributed by atoms with Gasteiger partial charge in [-0.2, -0.15) is 0 Å². The van der Waals surface area contributed by atoms with Crippen molar-refractivity contribution < 1.29 is 4.39 Å². The summed E-state index contributed by atoms with van der Waals surface area (Å²) in [5.41, 5.74) is 2.88. The second kappa shape index (κ2) is 6.22. The number of nitrogens with zero attached hydrogens (tertiary/aromatic N) is 1. The number of benzene rings is 2. The molecule has 108 valence electrons. The van der Waals surface area contributed by atoms with Crippen molar-refractivity contribution in [1.82, 2.24) is 4.98 Å². The van der Waals surface area contributed by atoms with Crippen LogP contribution in [0.25, 0.3) is 10.2 Å². The maximum absolute atomic E-state index is 13.0. The summed E-state index contributed by atoms with van der Waals surface area (Å²) in [5.74, 6) is -0.320. The Hall–Kier alpha value is -1.30. The maximum Gasteiger partial charge on any atom is 0.150 e. The predicted octanol–water partition coefficient (Wildman–Crippen LogP) is 5.42. The van der Waals surface area contributed by atoms with Gasteiger partial charge >= 0.3 is 0 Å². The average molecular weight is 339 g/mol. The zero-order valence-corrected chi connectivity index (χ0v) is 13.6. The predicted molar refractivity (Wildman–Crippen MR) is 90.1 cm³/mol. The summed E-state index contributed by atoms with van der Waals surface area (Å²) in [6, 6.07) is 10.5. The van der Waals surface area contributed by atoms with Crippen LogP contribution in [0, 0.1) is 5.82 Å². The molecular formula is C15H12ClFN2S2. The summed E-state index contributed by atoms with van der Waals surface area (Å²) in [5, 5.41) is 3.74. The smallest absolute Gasteiger partial charge is 0.150 e. The molecule has 21 heavy (non-hydrogen) atoms. The summed E-state index contributed by atoms with van der Waals surface area (Å²) in [4.78, 5) is 4.51. The minimum absolute atomic E-state index is 0.320. The summed E-state index contributed by atoms with van der Waals surface area (Å²) in [6.07, 6.45) is 2.02. The third-order valence-corrected chi connectivity index (χ3v) is 5.40. The fourth-order valence-corrected chi connectivity index (χ4v) is 3.73. The van der Waals surface area contributed by atoms with Gasteiger partial charge in [0.2, 0.25) is 0 Å². The van der Waals surface area contributed by atoms with Crippen LogP contribution >= 0.6 is 34.7 Å². The van der Waals surface area contributed by atoms with E-state index in [1.54, 1.807) is 29.2 Å². The number of halogens is 2. The third-order valence-electron chi connectivity index (χ3n) is 3.04. The van der Waals surface area contributed by atoms with Gasteiger partial charge in [0, 0.05) is 17.3 Å². The van der Waals surface area contributed by atoms with Gasteiger partial charge in [-0.25, -0.2) is 9.37 Å². The van der Waals surface area contributed by atoms with Crippen LogP contribution in [-0.4, -0.2) is 11.2 Å². The van der Waals surface area contributed by atoms with Crippen molar-refractivity contribution in [1.29, 1.82) is 0 Å². The largest absolute Gasteiger partial charge is 0.381 e. The number of aromatic nitrogens is 1. The number of fused-ring (bicyclic) bond motifs is 1. The van der Waals surface area contributed by atoms with Gasteiger partial charge in [0.15, 0.2) is 4.34 Å². The monoisotopic (exact) mass is 338 g/mol. The summed E-state index contributed by atoms with van der Waals surface area (Å²) in [6.45, 7) is 0.554. The van der Waals surface area contributed by atoms with E-state index in [0.29, 0.717) is 11.6 Å². The minimum Gasteiger partial charge on any atom is -0.381 e. The topological polar surface area (TPSA) is 24.9 Å². The van der Waals surface area contributed by atoms with E-state index >= 15 is 0 Å². The Kier molecular flexibility index (Phi) is 4.33. The van der Waals surface area contributed by atoms with Crippen molar-refractivity contribution in [3.8, 4) is 0 Å². The molecule has 3 aromatic rings. The van der Waals surface area contributed by atoms with E-state index in [4.69, 9.17) is 11.6 Å². The van der Waals surface area contributed by atoms with Crippen LogP contribution in [0.4, 0.5) is 10.1 Å². The van der Waals surface area contributed by atoms with Crippen LogP contribution in [0.3, 0.4) is 0 Å². The van der Waals surface area contributed by atoms with E-state index in [1.165, 1.54) is 12.1 Å². The molecule has 0 fully saturated rings. The van der Waals surface area contributed by atoms with E-state index in [2.05, 4.69) is 16.4 Å². The standard InChI is InChI=1S/C15H12ClFN2S2/c1-20-15-19-13-5-4-11(7-14(13)21-15)18-8-9-2-3-10(17)6-12(9)16/h2-7,18H,8H2,1H3. The van der Waals surface area contributed by atoms with Crippen LogP contribution in [0.5, 0.6) is 0 Å². The van der Waals surface area contributed by atoms with Crippen LogP contribution in [0.15, 0.2) is 40.7 Å². The molecule has 1 aromatic heterocycles. The second-order valence-corrected chi connectivity index (χ2v) is 6.95. The molecule has 0 saturated heterocycles. The van der Waals surface area contributed by atoms with Crippen LogP contribution < -0.4 is 5.32 Å². The SMILES string of the molecule is CSc1nc2ccc(NCc3ccc(F)cc3Cl)cc2s1. The number of thioether (sulfide) groups is 1. The number of hydrogen-bond acceptors (Lipinski definition) is 4. The lowest BCUT2D eigenvalue weighted by molar-refractivity contribution is 0.627. The molecule has 0 radical (unpaired) electrons. The second-order valence-electron chi connectivity index (χ2n) is 4.46. The molecule has 2 nitrogen and oxygen atoms in total. The van der Waals surface area contributed by atoms with E-state index in [9.17, 15) is 4.39 Å². The first-order chi connectivity index (χ1) is 10.2. The van der Waals surface area contributed by atoms with Gasteiger partial charge in [0.1, 0.15) is 5.82 Å². The Morgan fingerprint density at radius 2 is 2.14 bits per heavy atom. The number of nitrogens with one attached hydrogen (secondary N) is 1.